The number of anilines is 1. The van der Waals surface area contributed by atoms with Gasteiger partial charge >= 0.3 is 0 Å². The Hall–Kier alpha value is -2.63. The molecule has 1 aliphatic carbocycles. The zero-order valence-corrected chi connectivity index (χ0v) is 14.1. The maximum atomic E-state index is 13.3. The minimum absolute atomic E-state index is 0.0977. The van der Waals surface area contributed by atoms with E-state index in [0.717, 1.165) is 66.3 Å². The van der Waals surface area contributed by atoms with Gasteiger partial charge < -0.3 is 14.6 Å². The van der Waals surface area contributed by atoms with Gasteiger partial charge in [-0.05, 0) is 43.7 Å². The highest BCUT2D eigenvalue weighted by molar-refractivity contribution is 6.16. The summed E-state index contributed by atoms with van der Waals surface area (Å²) in [6, 6.07) is 5.94. The summed E-state index contributed by atoms with van der Waals surface area (Å²) < 4.78 is 2.00. The molecule has 1 aliphatic heterocycles. The van der Waals surface area contributed by atoms with Gasteiger partial charge in [-0.3, -0.25) is 4.79 Å². The molecular formula is C19H21N5O. The number of nitrogens with zero attached hydrogens (tertiary/aromatic N) is 4. The lowest BCUT2D eigenvalue weighted by Crippen LogP contribution is -2.27. The van der Waals surface area contributed by atoms with Gasteiger partial charge in [0.25, 0.3) is 5.91 Å². The van der Waals surface area contributed by atoms with E-state index in [0.29, 0.717) is 0 Å². The minimum atomic E-state index is 0.0977. The second-order valence-electron chi connectivity index (χ2n) is 7.08. The summed E-state index contributed by atoms with van der Waals surface area (Å²) in [4.78, 5) is 24.2. The van der Waals surface area contributed by atoms with Crippen molar-refractivity contribution in [3.8, 4) is 0 Å². The average Bonchev–Trinajstić information content (AvgIpc) is 3.19. The van der Waals surface area contributed by atoms with Gasteiger partial charge in [0.05, 0.1) is 16.5 Å². The number of hydrogen-bond acceptors (Lipinski definition) is 4. The van der Waals surface area contributed by atoms with Crippen molar-refractivity contribution in [2.24, 2.45) is 5.92 Å². The molecule has 3 aromatic heterocycles. The Morgan fingerprint density at radius 2 is 2.04 bits per heavy atom. The van der Waals surface area contributed by atoms with Crippen molar-refractivity contribution in [2.45, 2.75) is 25.7 Å². The summed E-state index contributed by atoms with van der Waals surface area (Å²) in [5, 5.41) is 4.31. The number of hydrogen-bond donors (Lipinski definition) is 1. The van der Waals surface area contributed by atoms with E-state index in [9.17, 15) is 4.79 Å². The molecule has 1 amide bonds. The Labute approximate surface area is 145 Å². The van der Waals surface area contributed by atoms with E-state index in [2.05, 4.69) is 15.3 Å². The molecule has 1 saturated carbocycles. The number of rotatable bonds is 4. The van der Waals surface area contributed by atoms with Crippen LogP contribution in [0.4, 0.5) is 5.82 Å². The van der Waals surface area contributed by atoms with Gasteiger partial charge in [0.15, 0.2) is 5.65 Å². The molecule has 1 N–H and O–H groups in total. The third-order valence-corrected chi connectivity index (χ3v) is 5.28. The first-order valence-electron chi connectivity index (χ1n) is 9.10. The van der Waals surface area contributed by atoms with E-state index in [1.165, 1.54) is 12.8 Å². The van der Waals surface area contributed by atoms with Crippen LogP contribution < -0.4 is 5.32 Å². The molecule has 0 bridgehead atoms. The summed E-state index contributed by atoms with van der Waals surface area (Å²) in [6.07, 6.45) is 8.27. The number of fused-ring (bicyclic) bond motifs is 3. The van der Waals surface area contributed by atoms with Gasteiger partial charge in [0.1, 0.15) is 12.1 Å². The van der Waals surface area contributed by atoms with Gasteiger partial charge in [-0.1, -0.05) is 6.07 Å². The standard InChI is InChI=1S/C19H21N5O/c25-19(23-8-3-4-9-23)15-14-5-1-2-10-24(14)18-16(15)17(21-12-22-18)20-11-13-6-7-13/h1-2,5,10,12-13H,3-4,6-9,11H2,(H,20,21,22). The molecule has 2 aliphatic rings. The van der Waals surface area contributed by atoms with Crippen LogP contribution >= 0.6 is 0 Å². The molecule has 3 aromatic rings. The van der Waals surface area contributed by atoms with E-state index in [-0.39, 0.29) is 5.91 Å². The smallest absolute Gasteiger partial charge is 0.256 e. The first-order chi connectivity index (χ1) is 12.3. The van der Waals surface area contributed by atoms with Crippen LogP contribution in [0.1, 0.15) is 36.0 Å². The molecule has 25 heavy (non-hydrogen) atoms. The molecule has 6 heteroatoms. The highest BCUT2D eigenvalue weighted by Crippen LogP contribution is 2.33. The molecule has 1 saturated heterocycles. The van der Waals surface area contributed by atoms with Gasteiger partial charge in [-0.2, -0.15) is 0 Å². The minimum Gasteiger partial charge on any atom is -0.369 e. The van der Waals surface area contributed by atoms with Crippen molar-refractivity contribution in [3.63, 3.8) is 0 Å². The molecular weight excluding hydrogens is 314 g/mol. The summed E-state index contributed by atoms with van der Waals surface area (Å²) in [5.74, 6) is 1.61. The molecule has 128 valence electrons. The molecule has 0 radical (unpaired) electrons. The normalized spacial score (nSPS) is 17.5. The zero-order chi connectivity index (χ0) is 16.8. The fraction of sp³-hybridized carbons (Fsp3) is 0.421. The molecule has 4 heterocycles. The number of aromatic nitrogens is 3. The lowest BCUT2D eigenvalue weighted by atomic mass is 10.1. The fourth-order valence-corrected chi connectivity index (χ4v) is 3.74. The average molecular weight is 335 g/mol. The van der Waals surface area contributed by atoms with Crippen LogP contribution in [0.3, 0.4) is 0 Å². The molecule has 6 nitrogen and oxygen atoms in total. The van der Waals surface area contributed by atoms with Crippen molar-refractivity contribution in [3.05, 3.63) is 36.3 Å². The van der Waals surface area contributed by atoms with E-state index in [1.54, 1.807) is 6.33 Å². The molecule has 5 rings (SSSR count). The van der Waals surface area contributed by atoms with Crippen LogP contribution in [0.25, 0.3) is 16.6 Å². The van der Waals surface area contributed by atoms with Crippen LogP contribution in [0.15, 0.2) is 30.7 Å². The van der Waals surface area contributed by atoms with Crippen molar-refractivity contribution < 1.29 is 4.79 Å². The molecule has 0 aromatic carbocycles. The number of likely N-dealkylation sites (tertiary alicyclic amines) is 1. The van der Waals surface area contributed by atoms with Crippen molar-refractivity contribution in [1.82, 2.24) is 19.3 Å². The maximum absolute atomic E-state index is 13.3. The summed E-state index contributed by atoms with van der Waals surface area (Å²) in [6.45, 7) is 2.59. The fourth-order valence-electron chi connectivity index (χ4n) is 3.74. The number of carbonyl (C=O) groups is 1. The second-order valence-corrected chi connectivity index (χ2v) is 7.08. The third-order valence-electron chi connectivity index (χ3n) is 5.28. The van der Waals surface area contributed by atoms with E-state index in [1.807, 2.05) is 33.7 Å². The second kappa shape index (κ2) is 5.72. The highest BCUT2D eigenvalue weighted by Gasteiger charge is 2.28. The quantitative estimate of drug-likeness (QED) is 0.796. The van der Waals surface area contributed by atoms with Gasteiger partial charge in [-0.15, -0.1) is 0 Å². The highest BCUT2D eigenvalue weighted by atomic mass is 16.2. The summed E-state index contributed by atoms with van der Waals surface area (Å²) in [7, 11) is 0. The lowest BCUT2D eigenvalue weighted by Gasteiger charge is -2.15. The van der Waals surface area contributed by atoms with Crippen molar-refractivity contribution in [2.75, 3.05) is 25.0 Å². The van der Waals surface area contributed by atoms with E-state index < -0.39 is 0 Å². The first-order valence-corrected chi connectivity index (χ1v) is 9.10. The van der Waals surface area contributed by atoms with Gasteiger partial charge in [-0.25, -0.2) is 9.97 Å². The SMILES string of the molecule is O=C(c1c2c(NCC3CC3)ncnc2n2ccccc12)N1CCCC1. The van der Waals surface area contributed by atoms with Crippen molar-refractivity contribution >= 4 is 28.3 Å². The first kappa shape index (κ1) is 14.7. The zero-order valence-electron chi connectivity index (χ0n) is 14.1. The van der Waals surface area contributed by atoms with Crippen LogP contribution in [-0.4, -0.2) is 44.8 Å². The number of pyridine rings is 1. The van der Waals surface area contributed by atoms with E-state index in [4.69, 9.17) is 0 Å². The number of nitrogens with one attached hydrogen (secondary N) is 1. The monoisotopic (exact) mass is 335 g/mol. The largest absolute Gasteiger partial charge is 0.369 e. The Balaban J connectivity index is 1.71. The summed E-state index contributed by atoms with van der Waals surface area (Å²) >= 11 is 0. The van der Waals surface area contributed by atoms with Gasteiger partial charge in [0, 0.05) is 25.8 Å². The molecule has 0 spiro atoms. The Morgan fingerprint density at radius 3 is 2.84 bits per heavy atom. The summed E-state index contributed by atoms with van der Waals surface area (Å²) in [5.41, 5.74) is 2.44. The predicted molar refractivity (Wildman–Crippen MR) is 96.8 cm³/mol. The van der Waals surface area contributed by atoms with Gasteiger partial charge in [0.2, 0.25) is 0 Å². The lowest BCUT2D eigenvalue weighted by molar-refractivity contribution is 0.0796. The third kappa shape index (κ3) is 2.44. The van der Waals surface area contributed by atoms with E-state index >= 15 is 0 Å². The Morgan fingerprint density at radius 1 is 1.20 bits per heavy atom. The predicted octanol–water partition coefficient (Wildman–Crippen LogP) is 2.94. The number of carbonyl (C=O) groups excluding carboxylic acids is 1. The maximum Gasteiger partial charge on any atom is 0.256 e. The van der Waals surface area contributed by atoms with Crippen LogP contribution in [-0.2, 0) is 0 Å². The van der Waals surface area contributed by atoms with Crippen molar-refractivity contribution in [1.29, 1.82) is 0 Å². The topological polar surface area (TPSA) is 62.5 Å². The van der Waals surface area contributed by atoms with Crippen LogP contribution in [0.5, 0.6) is 0 Å². The number of amides is 1. The molecule has 2 fully saturated rings. The Kier molecular flexibility index (Phi) is 3.36. The molecule has 0 unspecified atom stereocenters. The molecule has 0 atom stereocenters. The Bertz CT molecular complexity index is 953. The van der Waals surface area contributed by atoms with Crippen LogP contribution in [0, 0.1) is 5.92 Å². The van der Waals surface area contributed by atoms with Crippen LogP contribution in [0.2, 0.25) is 0 Å².